The minimum atomic E-state index is 0.130. The van der Waals surface area contributed by atoms with Gasteiger partial charge in [0.05, 0.1) is 6.54 Å². The third-order valence-corrected chi connectivity index (χ3v) is 6.64. The molecule has 160 valence electrons. The van der Waals surface area contributed by atoms with Gasteiger partial charge in [0.15, 0.2) is 0 Å². The lowest BCUT2D eigenvalue weighted by atomic mass is 9.91. The van der Waals surface area contributed by atoms with Crippen molar-refractivity contribution < 1.29 is 4.79 Å². The van der Waals surface area contributed by atoms with Crippen LogP contribution in [0, 0.1) is 5.92 Å². The summed E-state index contributed by atoms with van der Waals surface area (Å²) < 4.78 is 0. The lowest BCUT2D eigenvalue weighted by molar-refractivity contribution is -0.119. The smallest absolute Gasteiger partial charge is 0.245 e. The molecule has 2 aliphatic heterocycles. The summed E-state index contributed by atoms with van der Waals surface area (Å²) in [5.74, 6) is 0.879. The molecule has 0 aromatic heterocycles. The van der Waals surface area contributed by atoms with Crippen molar-refractivity contribution >= 4 is 17.3 Å². The summed E-state index contributed by atoms with van der Waals surface area (Å²) in [6.07, 6.45) is 2.62. The molecule has 0 saturated carbocycles. The van der Waals surface area contributed by atoms with E-state index in [4.69, 9.17) is 0 Å². The van der Waals surface area contributed by atoms with Gasteiger partial charge in [-0.3, -0.25) is 19.5 Å². The van der Waals surface area contributed by atoms with Crippen LogP contribution < -0.4 is 10.2 Å². The fourth-order valence-electron chi connectivity index (χ4n) is 4.77. The van der Waals surface area contributed by atoms with E-state index in [1.165, 1.54) is 19.4 Å². The molecule has 0 bridgehead atoms. The van der Waals surface area contributed by atoms with Crippen LogP contribution in [0.1, 0.15) is 19.8 Å². The number of rotatable bonds is 6. The Morgan fingerprint density at radius 2 is 1.60 bits per heavy atom. The van der Waals surface area contributed by atoms with Gasteiger partial charge in [0.1, 0.15) is 0 Å². The van der Waals surface area contributed by atoms with Crippen LogP contribution in [0.3, 0.4) is 0 Å². The van der Waals surface area contributed by atoms with Gasteiger partial charge in [0.2, 0.25) is 5.91 Å². The second-order valence-corrected chi connectivity index (χ2v) is 8.56. The maximum Gasteiger partial charge on any atom is 0.245 e. The Balaban J connectivity index is 1.37. The average Bonchev–Trinajstić information content (AvgIpc) is 2.81. The van der Waals surface area contributed by atoms with Gasteiger partial charge >= 0.3 is 0 Å². The van der Waals surface area contributed by atoms with Crippen molar-refractivity contribution in [3.8, 4) is 0 Å². The first-order valence-electron chi connectivity index (χ1n) is 11.3. The van der Waals surface area contributed by atoms with Crippen LogP contribution in [-0.2, 0) is 4.79 Å². The number of piperidine rings is 1. The quantitative estimate of drug-likeness (QED) is 0.799. The topological polar surface area (TPSA) is 38.8 Å². The number of carbonyl (C=O) groups excluding carboxylic acids is 1. The van der Waals surface area contributed by atoms with E-state index in [9.17, 15) is 4.79 Å². The molecule has 2 aromatic rings. The van der Waals surface area contributed by atoms with Crippen LogP contribution in [0.4, 0.5) is 11.4 Å². The predicted octanol–water partition coefficient (Wildman–Crippen LogP) is 3.36. The normalized spacial score (nSPS) is 21.8. The first-order chi connectivity index (χ1) is 14.7. The number of carbonyl (C=O) groups is 1. The number of benzene rings is 2. The predicted molar refractivity (Wildman–Crippen MR) is 123 cm³/mol. The summed E-state index contributed by atoms with van der Waals surface area (Å²) in [5.41, 5.74) is 1.84. The van der Waals surface area contributed by atoms with Gasteiger partial charge in [-0.05, 0) is 63.0 Å². The van der Waals surface area contributed by atoms with Crippen LogP contribution >= 0.6 is 0 Å². The Bertz CT molecular complexity index is 744. The van der Waals surface area contributed by atoms with Gasteiger partial charge in [-0.1, -0.05) is 36.4 Å². The maximum absolute atomic E-state index is 13.3. The molecule has 2 aromatic carbocycles. The second-order valence-electron chi connectivity index (χ2n) is 8.56. The number of hydrogen-bond acceptors (Lipinski definition) is 4. The monoisotopic (exact) mass is 406 g/mol. The summed E-state index contributed by atoms with van der Waals surface area (Å²) in [7, 11) is 0. The first kappa shape index (κ1) is 21.0. The van der Waals surface area contributed by atoms with Crippen LogP contribution in [0.5, 0.6) is 0 Å². The fourth-order valence-corrected chi connectivity index (χ4v) is 4.77. The largest absolute Gasteiger partial charge is 0.316 e. The molecule has 5 nitrogen and oxygen atoms in total. The Morgan fingerprint density at radius 1 is 1.00 bits per heavy atom. The number of para-hydroxylation sites is 2. The van der Waals surface area contributed by atoms with Gasteiger partial charge in [-0.15, -0.1) is 0 Å². The SMILES string of the molecule is CC(C1CCCNC1)N1CCN(CC(=O)N(c2ccccc2)c2ccccc2)CC1. The Hall–Kier alpha value is -2.21. The van der Waals surface area contributed by atoms with E-state index in [0.717, 1.165) is 50.0 Å². The average molecular weight is 407 g/mol. The third-order valence-electron chi connectivity index (χ3n) is 6.64. The number of amides is 1. The van der Waals surface area contributed by atoms with Crippen molar-refractivity contribution in [2.24, 2.45) is 5.92 Å². The van der Waals surface area contributed by atoms with Crippen molar-refractivity contribution in [1.82, 2.24) is 15.1 Å². The molecule has 0 spiro atoms. The van der Waals surface area contributed by atoms with Crippen molar-refractivity contribution in [3.63, 3.8) is 0 Å². The fraction of sp³-hybridized carbons (Fsp3) is 0.480. The zero-order chi connectivity index (χ0) is 20.8. The van der Waals surface area contributed by atoms with Crippen molar-refractivity contribution in [1.29, 1.82) is 0 Å². The second kappa shape index (κ2) is 10.2. The molecule has 30 heavy (non-hydrogen) atoms. The van der Waals surface area contributed by atoms with E-state index in [1.807, 2.05) is 65.6 Å². The molecule has 2 saturated heterocycles. The van der Waals surface area contributed by atoms with Gasteiger partial charge in [-0.2, -0.15) is 0 Å². The summed E-state index contributed by atoms with van der Waals surface area (Å²) in [5, 5.41) is 3.55. The van der Waals surface area contributed by atoms with Crippen LogP contribution in [-0.4, -0.2) is 67.6 Å². The molecule has 2 aliphatic rings. The highest BCUT2D eigenvalue weighted by Gasteiger charge is 2.29. The van der Waals surface area contributed by atoms with Gasteiger partial charge in [0.25, 0.3) is 0 Å². The van der Waals surface area contributed by atoms with E-state index in [2.05, 4.69) is 22.0 Å². The number of hydrogen-bond donors (Lipinski definition) is 1. The highest BCUT2D eigenvalue weighted by Crippen LogP contribution is 2.26. The molecular formula is C25H34N4O. The van der Waals surface area contributed by atoms with Crippen LogP contribution in [0.2, 0.25) is 0 Å². The summed E-state index contributed by atoms with van der Waals surface area (Å²) in [4.78, 5) is 20.1. The van der Waals surface area contributed by atoms with Crippen molar-refractivity contribution in [3.05, 3.63) is 60.7 Å². The Kier molecular flexibility index (Phi) is 7.16. The zero-order valence-electron chi connectivity index (χ0n) is 18.0. The lowest BCUT2D eigenvalue weighted by Crippen LogP contribution is -2.54. The molecule has 0 radical (unpaired) electrons. The Morgan fingerprint density at radius 3 is 2.13 bits per heavy atom. The van der Waals surface area contributed by atoms with E-state index in [-0.39, 0.29) is 5.91 Å². The lowest BCUT2D eigenvalue weighted by Gasteiger charge is -2.42. The van der Waals surface area contributed by atoms with Crippen LogP contribution in [0.25, 0.3) is 0 Å². The van der Waals surface area contributed by atoms with Crippen LogP contribution in [0.15, 0.2) is 60.7 Å². The number of nitrogens with one attached hydrogen (secondary N) is 1. The van der Waals surface area contributed by atoms with Crippen molar-refractivity contribution in [2.45, 2.75) is 25.8 Å². The van der Waals surface area contributed by atoms with Crippen molar-refractivity contribution in [2.75, 3.05) is 50.7 Å². The van der Waals surface area contributed by atoms with E-state index in [1.54, 1.807) is 0 Å². The molecule has 4 rings (SSSR count). The number of nitrogens with zero attached hydrogens (tertiary/aromatic N) is 3. The van der Waals surface area contributed by atoms with E-state index in [0.29, 0.717) is 12.6 Å². The molecular weight excluding hydrogens is 372 g/mol. The number of piperazine rings is 1. The number of anilines is 2. The molecule has 2 unspecified atom stereocenters. The summed E-state index contributed by atoms with van der Waals surface area (Å²) >= 11 is 0. The minimum absolute atomic E-state index is 0.130. The summed E-state index contributed by atoms with van der Waals surface area (Å²) in [6, 6.07) is 20.5. The molecule has 5 heteroatoms. The standard InChI is InChI=1S/C25H34N4O/c1-21(22-9-8-14-26-19-22)28-17-15-27(16-18-28)20-25(30)29(23-10-4-2-5-11-23)24-12-6-3-7-13-24/h2-7,10-13,21-22,26H,8-9,14-20H2,1H3. The molecule has 0 aliphatic carbocycles. The first-order valence-corrected chi connectivity index (χ1v) is 11.3. The molecule has 1 N–H and O–H groups in total. The van der Waals surface area contributed by atoms with E-state index < -0.39 is 0 Å². The molecule has 1 amide bonds. The zero-order valence-corrected chi connectivity index (χ0v) is 18.0. The minimum Gasteiger partial charge on any atom is -0.316 e. The molecule has 2 heterocycles. The highest BCUT2D eigenvalue weighted by molar-refractivity contribution is 6.01. The third kappa shape index (κ3) is 5.09. The Labute approximate surface area is 180 Å². The maximum atomic E-state index is 13.3. The molecule has 2 atom stereocenters. The van der Waals surface area contributed by atoms with Gasteiger partial charge < -0.3 is 5.32 Å². The van der Waals surface area contributed by atoms with E-state index >= 15 is 0 Å². The highest BCUT2D eigenvalue weighted by atomic mass is 16.2. The van der Waals surface area contributed by atoms with Gasteiger partial charge in [0, 0.05) is 43.6 Å². The molecule has 2 fully saturated rings. The van der Waals surface area contributed by atoms with Gasteiger partial charge in [-0.25, -0.2) is 0 Å². The summed E-state index contributed by atoms with van der Waals surface area (Å²) in [6.45, 7) is 9.13.